The van der Waals surface area contributed by atoms with E-state index in [4.69, 9.17) is 9.57 Å². The molecule has 5 rings (SSSR count). The SMILES string of the molecule is CON(C)C(=O)CCCN1CC[C@H]2[C@@H](C1)c1cccc3c1N2CCCS3.COc1ccc(F)cc1Br.[H-].[H-].[Mg+2]. The van der Waals surface area contributed by atoms with Crippen LogP contribution in [0.1, 0.15) is 40.0 Å². The molecular weight excluding hydrogens is 570 g/mol. The first-order valence-corrected chi connectivity index (χ1v) is 14.2. The van der Waals surface area contributed by atoms with Gasteiger partial charge in [0.05, 0.1) is 24.4 Å². The molecule has 0 unspecified atom stereocenters. The van der Waals surface area contributed by atoms with Crippen molar-refractivity contribution in [3.63, 3.8) is 0 Å². The molecule has 1 saturated heterocycles. The molecule has 37 heavy (non-hydrogen) atoms. The van der Waals surface area contributed by atoms with E-state index in [-0.39, 0.29) is 37.6 Å². The zero-order valence-electron chi connectivity index (χ0n) is 23.9. The maximum atomic E-state index is 12.4. The maximum absolute atomic E-state index is 12.4. The van der Waals surface area contributed by atoms with E-state index in [2.05, 4.69) is 43.9 Å². The van der Waals surface area contributed by atoms with Crippen molar-refractivity contribution in [1.29, 1.82) is 0 Å². The molecule has 0 bridgehead atoms. The van der Waals surface area contributed by atoms with Gasteiger partial charge in [0.1, 0.15) is 11.6 Å². The van der Waals surface area contributed by atoms with Crippen LogP contribution in [0.15, 0.2) is 45.8 Å². The van der Waals surface area contributed by atoms with Crippen LogP contribution in [0.4, 0.5) is 10.1 Å². The number of fused-ring (bicyclic) bond motifs is 3. The summed E-state index contributed by atoms with van der Waals surface area (Å²) in [4.78, 5) is 23.6. The second kappa shape index (κ2) is 14.4. The van der Waals surface area contributed by atoms with E-state index < -0.39 is 0 Å². The van der Waals surface area contributed by atoms with E-state index in [0.717, 1.165) is 26.1 Å². The van der Waals surface area contributed by atoms with Gasteiger partial charge in [-0.3, -0.25) is 9.63 Å². The van der Waals surface area contributed by atoms with Crippen LogP contribution in [-0.4, -0.2) is 98.2 Å². The van der Waals surface area contributed by atoms with Gasteiger partial charge in [0.25, 0.3) is 0 Å². The minimum absolute atomic E-state index is 0. The van der Waals surface area contributed by atoms with Gasteiger partial charge in [-0.15, -0.1) is 11.8 Å². The van der Waals surface area contributed by atoms with Gasteiger partial charge in [0.2, 0.25) is 5.91 Å². The summed E-state index contributed by atoms with van der Waals surface area (Å²) >= 11 is 5.17. The number of hydrogen-bond donors (Lipinski definition) is 0. The Kier molecular flexibility index (Phi) is 11.8. The molecule has 2 aromatic carbocycles. The van der Waals surface area contributed by atoms with Gasteiger partial charge in [0.15, 0.2) is 0 Å². The molecule has 2 aromatic rings. The Bertz CT molecular complexity index is 1080. The fourth-order valence-electron chi connectivity index (χ4n) is 5.37. The van der Waals surface area contributed by atoms with Crippen molar-refractivity contribution in [3.05, 3.63) is 52.3 Å². The number of nitrogens with zero attached hydrogens (tertiary/aromatic N) is 3. The molecule has 0 spiro atoms. The number of amides is 1. The van der Waals surface area contributed by atoms with Crippen molar-refractivity contribution < 1.29 is 21.6 Å². The fraction of sp³-hybridized carbons (Fsp3) is 0.519. The first kappa shape index (κ1) is 30.5. The fourth-order valence-corrected chi connectivity index (χ4v) is 6.92. The Morgan fingerprint density at radius 3 is 2.81 bits per heavy atom. The van der Waals surface area contributed by atoms with E-state index >= 15 is 0 Å². The Balaban J connectivity index is 0.000000502. The summed E-state index contributed by atoms with van der Waals surface area (Å²) in [6.45, 7) is 4.46. The third-order valence-electron chi connectivity index (χ3n) is 7.18. The van der Waals surface area contributed by atoms with Crippen LogP contribution in [0.2, 0.25) is 0 Å². The van der Waals surface area contributed by atoms with Crippen molar-refractivity contribution in [2.24, 2.45) is 0 Å². The van der Waals surface area contributed by atoms with Crippen molar-refractivity contribution >= 4 is 62.3 Å². The molecule has 2 atom stereocenters. The average molecular weight is 607 g/mol. The van der Waals surface area contributed by atoms with Crippen molar-refractivity contribution in [1.82, 2.24) is 9.96 Å². The summed E-state index contributed by atoms with van der Waals surface area (Å²) in [5.74, 6) is 2.29. The average Bonchev–Trinajstić information content (AvgIpc) is 3.03. The number of para-hydroxylation sites is 1. The molecular formula is C27H37BrFMgN3O3S. The first-order valence-electron chi connectivity index (χ1n) is 12.5. The quantitative estimate of drug-likeness (QED) is 0.324. The number of halogens is 2. The monoisotopic (exact) mass is 605 g/mol. The van der Waals surface area contributed by atoms with Gasteiger partial charge in [-0.2, -0.15) is 0 Å². The van der Waals surface area contributed by atoms with Crippen LogP contribution in [0.25, 0.3) is 0 Å². The summed E-state index contributed by atoms with van der Waals surface area (Å²) in [5.41, 5.74) is 3.09. The molecule has 0 radical (unpaired) electrons. The van der Waals surface area contributed by atoms with Crippen molar-refractivity contribution in [2.75, 3.05) is 58.1 Å². The number of thioether (sulfide) groups is 1. The number of carbonyl (C=O) groups is 1. The van der Waals surface area contributed by atoms with Crippen LogP contribution in [0, 0.1) is 5.82 Å². The Hall–Kier alpha value is -1.04. The van der Waals surface area contributed by atoms with Crippen molar-refractivity contribution in [2.45, 2.75) is 42.5 Å². The Labute approximate surface area is 251 Å². The van der Waals surface area contributed by atoms with Gasteiger partial charge in [-0.1, -0.05) is 12.1 Å². The second-order valence-corrected chi connectivity index (χ2v) is 11.3. The van der Waals surface area contributed by atoms with E-state index in [1.165, 1.54) is 67.1 Å². The molecule has 200 valence electrons. The normalized spacial score (nSPS) is 20.0. The topological polar surface area (TPSA) is 45.2 Å². The van der Waals surface area contributed by atoms with E-state index in [9.17, 15) is 9.18 Å². The number of piperidine rings is 1. The molecule has 10 heteroatoms. The first-order chi connectivity index (χ1) is 17.4. The molecule has 0 saturated carbocycles. The largest absolute Gasteiger partial charge is 2.00 e. The number of hydrogen-bond acceptors (Lipinski definition) is 6. The Morgan fingerprint density at radius 2 is 2.08 bits per heavy atom. The summed E-state index contributed by atoms with van der Waals surface area (Å²) in [5, 5.41) is 1.33. The Morgan fingerprint density at radius 1 is 1.27 bits per heavy atom. The number of carbonyl (C=O) groups excluding carboxylic acids is 1. The van der Waals surface area contributed by atoms with Crippen LogP contribution in [0.3, 0.4) is 0 Å². The molecule has 1 fully saturated rings. The predicted molar refractivity (Wildman–Crippen MR) is 154 cm³/mol. The predicted octanol–water partition coefficient (Wildman–Crippen LogP) is 5.40. The minimum Gasteiger partial charge on any atom is -1.00 e. The van der Waals surface area contributed by atoms with E-state index in [1.807, 2.05) is 11.8 Å². The van der Waals surface area contributed by atoms with Crippen LogP contribution >= 0.6 is 27.7 Å². The molecule has 3 heterocycles. The van der Waals surface area contributed by atoms with E-state index in [1.54, 1.807) is 18.7 Å². The van der Waals surface area contributed by atoms with Crippen LogP contribution in [0.5, 0.6) is 5.75 Å². The van der Waals surface area contributed by atoms with Gasteiger partial charge in [-0.25, -0.2) is 9.45 Å². The van der Waals surface area contributed by atoms with Crippen molar-refractivity contribution in [3.8, 4) is 5.75 Å². The van der Waals surface area contributed by atoms with Gasteiger partial charge >= 0.3 is 23.1 Å². The summed E-state index contributed by atoms with van der Waals surface area (Å²) in [6, 6.07) is 11.8. The number of methoxy groups -OCH3 is 1. The minimum atomic E-state index is -0.271. The number of likely N-dealkylation sites (tertiary alicyclic amines) is 1. The van der Waals surface area contributed by atoms with Gasteiger partial charge < -0.3 is 17.4 Å². The second-order valence-electron chi connectivity index (χ2n) is 9.31. The third kappa shape index (κ3) is 7.33. The number of ether oxygens (including phenoxy) is 1. The zero-order valence-corrected chi connectivity index (χ0v) is 25.7. The molecule has 0 aromatic heterocycles. The number of benzene rings is 2. The molecule has 1 amide bonds. The summed E-state index contributed by atoms with van der Waals surface area (Å²) in [7, 11) is 4.75. The zero-order chi connectivity index (χ0) is 25.7. The van der Waals surface area contributed by atoms with Crippen LogP contribution < -0.4 is 9.64 Å². The van der Waals surface area contributed by atoms with Gasteiger partial charge in [0, 0.05) is 50.0 Å². The molecule has 0 aliphatic carbocycles. The number of rotatable bonds is 6. The number of hydroxylamine groups is 2. The molecule has 3 aliphatic heterocycles. The maximum Gasteiger partial charge on any atom is 2.00 e. The van der Waals surface area contributed by atoms with E-state index in [0.29, 0.717) is 28.6 Å². The third-order valence-corrected chi connectivity index (χ3v) is 8.94. The molecule has 0 N–H and O–H groups in total. The number of anilines is 1. The smallest absolute Gasteiger partial charge is 1.00 e. The molecule has 3 aliphatic rings. The summed E-state index contributed by atoms with van der Waals surface area (Å²) < 4.78 is 17.9. The standard InChI is InChI=1S/C20H29N3O2S.C7H6BrFO.Mg.2H/c1-21(25-2)19(24)8-4-10-22-12-9-17-16(14-22)15-6-3-7-18-20(15)23(17)11-5-13-26-18;1-10-7-3-2-5(9)4-6(7)8;;;/h3,6-7,16-17H,4-5,8-14H2,1-2H3;2-4H,1H3;;;/q;;+2;2*-1/t16-,17-;;;;/m0..../s1. The summed E-state index contributed by atoms with van der Waals surface area (Å²) in [6.07, 6.45) is 3.96. The van der Waals surface area contributed by atoms with Crippen LogP contribution in [-0.2, 0) is 9.63 Å². The molecule has 6 nitrogen and oxygen atoms in total. The van der Waals surface area contributed by atoms with Gasteiger partial charge in [-0.05, 0) is 77.3 Å².